The predicted molar refractivity (Wildman–Crippen MR) is 80.8 cm³/mol. The molecule has 1 aromatic rings. The minimum absolute atomic E-state index is 0.0810. The fraction of sp³-hybridized carbons (Fsp3) is 0.529. The topological polar surface area (TPSA) is 55.4 Å². The van der Waals surface area contributed by atoms with Gasteiger partial charge in [0.25, 0.3) is 0 Å². The number of hydrogen-bond donors (Lipinski definition) is 1. The molecule has 21 heavy (non-hydrogen) atoms. The number of methoxy groups -OCH3 is 1. The lowest BCUT2D eigenvalue weighted by Crippen LogP contribution is -2.31. The summed E-state index contributed by atoms with van der Waals surface area (Å²) in [5.41, 5.74) is 2.60. The Bertz CT molecular complexity index is 474. The van der Waals surface area contributed by atoms with Crippen molar-refractivity contribution in [1.82, 2.24) is 5.32 Å². The van der Waals surface area contributed by atoms with Crippen LogP contribution in [0.1, 0.15) is 36.8 Å². The Kier molecular flexibility index (Phi) is 5.78. The first-order valence-corrected chi connectivity index (χ1v) is 7.62. The number of fused-ring (bicyclic) bond motifs is 1. The molecule has 1 aliphatic rings. The van der Waals surface area contributed by atoms with Crippen molar-refractivity contribution in [3.63, 3.8) is 0 Å². The molecule has 0 radical (unpaired) electrons. The molecule has 2 rings (SSSR count). The standard InChI is InChI=1S/C17H23NO3/c1-21-16(19)9-3-2-6-10-18-17(20)15-11-13-7-4-5-8-14(13)12-15/h4-5,7-8,15H,2-3,6,9-12H2,1H3,(H,18,20). The monoisotopic (exact) mass is 289 g/mol. The third kappa shape index (κ3) is 4.59. The molecule has 0 saturated heterocycles. The van der Waals surface area contributed by atoms with E-state index in [0.29, 0.717) is 13.0 Å². The zero-order valence-corrected chi connectivity index (χ0v) is 12.6. The summed E-state index contributed by atoms with van der Waals surface area (Å²) in [6.45, 7) is 0.687. The highest BCUT2D eigenvalue weighted by atomic mass is 16.5. The summed E-state index contributed by atoms with van der Waals surface area (Å²) in [6.07, 6.45) is 4.82. The zero-order valence-electron chi connectivity index (χ0n) is 12.6. The average molecular weight is 289 g/mol. The molecule has 0 spiro atoms. The van der Waals surface area contributed by atoms with E-state index in [0.717, 1.165) is 32.1 Å². The van der Waals surface area contributed by atoms with Gasteiger partial charge in [-0.15, -0.1) is 0 Å². The highest BCUT2D eigenvalue weighted by Gasteiger charge is 2.26. The smallest absolute Gasteiger partial charge is 0.305 e. The van der Waals surface area contributed by atoms with Crippen molar-refractivity contribution in [2.45, 2.75) is 38.5 Å². The molecule has 0 aromatic heterocycles. The van der Waals surface area contributed by atoms with Crippen LogP contribution in [0, 0.1) is 5.92 Å². The zero-order chi connectivity index (χ0) is 15.1. The Hall–Kier alpha value is -1.84. The number of nitrogens with one attached hydrogen (secondary N) is 1. The van der Waals surface area contributed by atoms with Crippen molar-refractivity contribution in [2.24, 2.45) is 5.92 Å². The van der Waals surface area contributed by atoms with Crippen molar-refractivity contribution in [2.75, 3.05) is 13.7 Å². The number of carbonyl (C=O) groups excluding carboxylic acids is 2. The second-order valence-electron chi connectivity index (χ2n) is 5.55. The second kappa shape index (κ2) is 7.81. The molecule has 0 aliphatic heterocycles. The molecule has 4 heteroatoms. The number of benzene rings is 1. The van der Waals surface area contributed by atoms with Crippen molar-refractivity contribution in [3.05, 3.63) is 35.4 Å². The van der Waals surface area contributed by atoms with Crippen LogP contribution in [0.4, 0.5) is 0 Å². The van der Waals surface area contributed by atoms with Gasteiger partial charge in [-0.3, -0.25) is 9.59 Å². The van der Waals surface area contributed by atoms with E-state index in [4.69, 9.17) is 0 Å². The Balaban J connectivity index is 1.60. The Morgan fingerprint density at radius 2 is 1.81 bits per heavy atom. The quantitative estimate of drug-likeness (QED) is 0.619. The van der Waals surface area contributed by atoms with E-state index in [1.165, 1.54) is 18.2 Å². The molecule has 1 N–H and O–H groups in total. The van der Waals surface area contributed by atoms with Gasteiger partial charge in [0.15, 0.2) is 0 Å². The lowest BCUT2D eigenvalue weighted by molar-refractivity contribution is -0.140. The molecule has 0 bridgehead atoms. The van der Waals surface area contributed by atoms with E-state index in [1.54, 1.807) is 0 Å². The van der Waals surface area contributed by atoms with Crippen LogP contribution in [0.25, 0.3) is 0 Å². The SMILES string of the molecule is COC(=O)CCCCCNC(=O)C1Cc2ccccc2C1. The number of unbranched alkanes of at least 4 members (excludes halogenated alkanes) is 2. The summed E-state index contributed by atoms with van der Waals surface area (Å²) in [5, 5.41) is 3.01. The molecule has 1 amide bonds. The molecule has 1 aliphatic carbocycles. The Morgan fingerprint density at radius 3 is 2.43 bits per heavy atom. The summed E-state index contributed by atoms with van der Waals surface area (Å²) >= 11 is 0. The highest BCUT2D eigenvalue weighted by molar-refractivity contribution is 5.80. The number of rotatable bonds is 7. The van der Waals surface area contributed by atoms with E-state index in [1.807, 2.05) is 12.1 Å². The van der Waals surface area contributed by atoms with E-state index in [2.05, 4.69) is 22.2 Å². The van der Waals surface area contributed by atoms with Crippen LogP contribution in [0.15, 0.2) is 24.3 Å². The predicted octanol–water partition coefficient (Wildman–Crippen LogP) is 2.25. The van der Waals surface area contributed by atoms with Gasteiger partial charge in [-0.2, -0.15) is 0 Å². The largest absolute Gasteiger partial charge is 0.469 e. The van der Waals surface area contributed by atoms with Crippen LogP contribution in [0.3, 0.4) is 0 Å². The second-order valence-corrected chi connectivity index (χ2v) is 5.55. The van der Waals surface area contributed by atoms with Crippen LogP contribution in [-0.2, 0) is 27.2 Å². The number of hydrogen-bond acceptors (Lipinski definition) is 3. The molecule has 114 valence electrons. The van der Waals surface area contributed by atoms with Crippen LogP contribution in [0.2, 0.25) is 0 Å². The molecular weight excluding hydrogens is 266 g/mol. The number of amides is 1. The maximum atomic E-state index is 12.1. The molecule has 0 unspecified atom stereocenters. The molecule has 0 saturated carbocycles. The highest BCUT2D eigenvalue weighted by Crippen LogP contribution is 2.26. The first-order valence-electron chi connectivity index (χ1n) is 7.62. The third-order valence-corrected chi connectivity index (χ3v) is 4.01. The maximum absolute atomic E-state index is 12.1. The van der Waals surface area contributed by atoms with Crippen LogP contribution >= 0.6 is 0 Å². The molecule has 4 nitrogen and oxygen atoms in total. The summed E-state index contributed by atoms with van der Waals surface area (Å²) in [6, 6.07) is 8.27. The van der Waals surface area contributed by atoms with Gasteiger partial charge >= 0.3 is 5.97 Å². The normalized spacial score (nSPS) is 13.8. The van der Waals surface area contributed by atoms with Gasteiger partial charge in [0.05, 0.1) is 7.11 Å². The molecule has 0 fully saturated rings. The summed E-state index contributed by atoms with van der Waals surface area (Å²) in [4.78, 5) is 23.1. The van der Waals surface area contributed by atoms with E-state index in [9.17, 15) is 9.59 Å². The summed E-state index contributed by atoms with van der Waals surface area (Å²) in [7, 11) is 1.40. The lowest BCUT2D eigenvalue weighted by atomic mass is 10.1. The van der Waals surface area contributed by atoms with Gasteiger partial charge in [-0.25, -0.2) is 0 Å². The van der Waals surface area contributed by atoms with Gasteiger partial charge in [0.1, 0.15) is 0 Å². The number of ether oxygens (including phenoxy) is 1. The first-order chi connectivity index (χ1) is 10.2. The molecule has 1 aromatic carbocycles. The molecule has 0 heterocycles. The first kappa shape index (κ1) is 15.5. The van der Waals surface area contributed by atoms with Crippen LogP contribution < -0.4 is 5.32 Å². The van der Waals surface area contributed by atoms with Crippen molar-refractivity contribution in [1.29, 1.82) is 0 Å². The summed E-state index contributed by atoms with van der Waals surface area (Å²) < 4.78 is 4.58. The average Bonchev–Trinajstić information content (AvgIpc) is 2.94. The Labute approximate surface area is 125 Å². The fourth-order valence-corrected chi connectivity index (χ4v) is 2.77. The fourth-order valence-electron chi connectivity index (χ4n) is 2.77. The van der Waals surface area contributed by atoms with Crippen molar-refractivity contribution >= 4 is 11.9 Å². The van der Waals surface area contributed by atoms with Gasteiger partial charge < -0.3 is 10.1 Å². The third-order valence-electron chi connectivity index (χ3n) is 4.01. The van der Waals surface area contributed by atoms with Gasteiger partial charge in [-0.05, 0) is 36.8 Å². The number of carbonyl (C=O) groups is 2. The van der Waals surface area contributed by atoms with Crippen LogP contribution in [-0.4, -0.2) is 25.5 Å². The molecular formula is C17H23NO3. The van der Waals surface area contributed by atoms with Gasteiger partial charge in [-0.1, -0.05) is 30.7 Å². The van der Waals surface area contributed by atoms with E-state index in [-0.39, 0.29) is 17.8 Å². The Morgan fingerprint density at radius 1 is 1.14 bits per heavy atom. The van der Waals surface area contributed by atoms with Crippen molar-refractivity contribution < 1.29 is 14.3 Å². The van der Waals surface area contributed by atoms with Gasteiger partial charge in [0.2, 0.25) is 5.91 Å². The minimum atomic E-state index is -0.164. The van der Waals surface area contributed by atoms with Crippen LogP contribution in [0.5, 0.6) is 0 Å². The van der Waals surface area contributed by atoms with Crippen molar-refractivity contribution in [3.8, 4) is 0 Å². The van der Waals surface area contributed by atoms with Gasteiger partial charge in [0, 0.05) is 18.9 Å². The summed E-state index contributed by atoms with van der Waals surface area (Å²) in [5.74, 6) is 0.0689. The maximum Gasteiger partial charge on any atom is 0.305 e. The molecule has 0 atom stereocenters. The number of esters is 1. The van der Waals surface area contributed by atoms with E-state index >= 15 is 0 Å². The minimum Gasteiger partial charge on any atom is -0.469 e. The lowest BCUT2D eigenvalue weighted by Gasteiger charge is -2.10. The van der Waals surface area contributed by atoms with E-state index < -0.39 is 0 Å².